The molecule has 3 rings (SSSR count). The van der Waals surface area contributed by atoms with Gasteiger partial charge < -0.3 is 19.9 Å². The maximum absolute atomic E-state index is 12.7. The van der Waals surface area contributed by atoms with Gasteiger partial charge in [0.2, 0.25) is 5.91 Å². The third kappa shape index (κ3) is 4.75. The number of H-pyrrole nitrogens is 1. The minimum absolute atomic E-state index is 0.0906. The minimum atomic E-state index is -0.851. The van der Waals surface area contributed by atoms with Crippen molar-refractivity contribution in [2.45, 2.75) is 31.8 Å². The zero-order valence-corrected chi connectivity index (χ0v) is 15.8. The minimum Gasteiger partial charge on any atom is -0.388 e. The van der Waals surface area contributed by atoms with Crippen LogP contribution in [0.25, 0.3) is 0 Å². The Morgan fingerprint density at radius 2 is 1.85 bits per heavy atom. The first kappa shape index (κ1) is 19.6. The summed E-state index contributed by atoms with van der Waals surface area (Å²) in [7, 11) is 0. The van der Waals surface area contributed by atoms with Crippen LogP contribution in [0.5, 0.6) is 0 Å². The highest BCUT2D eigenvalue weighted by atomic mass is 16.3. The number of carbonyl (C=O) groups excluding carboxylic acids is 2. The molecule has 2 amide bonds. The molecule has 0 spiro atoms. The highest BCUT2D eigenvalue weighted by Gasteiger charge is 2.34. The van der Waals surface area contributed by atoms with Crippen molar-refractivity contribution in [1.29, 1.82) is 0 Å². The number of β-amino-alcohol motifs (C(OH)–C–C–N with tert-alkyl or cyclic N) is 1. The Bertz CT molecular complexity index is 741. The fourth-order valence-electron chi connectivity index (χ4n) is 3.94. The molecule has 2 N–H and O–H groups in total. The first-order valence-corrected chi connectivity index (χ1v) is 9.55. The average Bonchev–Trinajstić information content (AvgIpc) is 2.84. The van der Waals surface area contributed by atoms with Crippen LogP contribution in [0.4, 0.5) is 0 Å². The number of aliphatic hydroxyl groups is 1. The predicted octanol–water partition coefficient (Wildman–Crippen LogP) is -0.104. The van der Waals surface area contributed by atoms with Crippen LogP contribution in [0.3, 0.4) is 0 Å². The number of rotatable bonds is 3. The van der Waals surface area contributed by atoms with Crippen LogP contribution in [0.2, 0.25) is 0 Å². The molecule has 0 radical (unpaired) electrons. The first-order valence-electron chi connectivity index (χ1n) is 9.55. The van der Waals surface area contributed by atoms with Gasteiger partial charge in [-0.2, -0.15) is 0 Å². The number of aromatic amines is 1. The molecule has 2 aliphatic rings. The molecular formula is C19H28N4O4. The first-order chi connectivity index (χ1) is 12.9. The van der Waals surface area contributed by atoms with Gasteiger partial charge in [0.25, 0.3) is 11.5 Å². The topological polar surface area (TPSA) is 96.9 Å². The summed E-state index contributed by atoms with van der Waals surface area (Å²) >= 11 is 0. The van der Waals surface area contributed by atoms with Crippen LogP contribution < -0.4 is 5.56 Å². The monoisotopic (exact) mass is 376 g/mol. The predicted molar refractivity (Wildman–Crippen MR) is 100 cm³/mol. The molecule has 2 fully saturated rings. The van der Waals surface area contributed by atoms with E-state index in [0.717, 1.165) is 13.1 Å². The number of pyridine rings is 1. The molecule has 3 heterocycles. The summed E-state index contributed by atoms with van der Waals surface area (Å²) < 4.78 is 0. The summed E-state index contributed by atoms with van der Waals surface area (Å²) in [5.41, 5.74) is -1.09. The number of aromatic nitrogens is 1. The van der Waals surface area contributed by atoms with Crippen LogP contribution in [-0.2, 0) is 4.79 Å². The van der Waals surface area contributed by atoms with Crippen molar-refractivity contribution in [2.75, 3.05) is 45.8 Å². The van der Waals surface area contributed by atoms with Crippen molar-refractivity contribution < 1.29 is 14.7 Å². The lowest BCUT2D eigenvalue weighted by molar-refractivity contribution is -0.131. The Hall–Kier alpha value is -2.19. The van der Waals surface area contributed by atoms with Crippen molar-refractivity contribution in [3.05, 3.63) is 34.2 Å². The molecule has 0 aliphatic carbocycles. The molecule has 0 saturated carbocycles. The van der Waals surface area contributed by atoms with Gasteiger partial charge >= 0.3 is 0 Å². The SMILES string of the molecule is CC(=O)N1CCN(C[C@]2(O)CCCN(C(=O)c3ccc[nH]c3=O)CC2)CC1. The number of carbonyl (C=O) groups is 2. The second kappa shape index (κ2) is 8.22. The Balaban J connectivity index is 1.57. The largest absolute Gasteiger partial charge is 0.388 e. The van der Waals surface area contributed by atoms with E-state index in [-0.39, 0.29) is 22.9 Å². The zero-order valence-electron chi connectivity index (χ0n) is 15.8. The molecule has 27 heavy (non-hydrogen) atoms. The van der Waals surface area contributed by atoms with Crippen molar-refractivity contribution >= 4 is 11.8 Å². The lowest BCUT2D eigenvalue weighted by Crippen LogP contribution is -2.53. The second-order valence-electron chi connectivity index (χ2n) is 7.57. The van der Waals surface area contributed by atoms with Crippen LogP contribution in [0.1, 0.15) is 36.5 Å². The van der Waals surface area contributed by atoms with Gasteiger partial charge in [-0.1, -0.05) is 0 Å². The van der Waals surface area contributed by atoms with E-state index in [1.54, 1.807) is 17.9 Å². The Morgan fingerprint density at radius 1 is 1.11 bits per heavy atom. The number of amides is 2. The van der Waals surface area contributed by atoms with E-state index in [2.05, 4.69) is 9.88 Å². The van der Waals surface area contributed by atoms with E-state index < -0.39 is 5.60 Å². The van der Waals surface area contributed by atoms with Crippen LogP contribution in [0, 0.1) is 0 Å². The third-order valence-corrected chi connectivity index (χ3v) is 5.59. The molecule has 8 heteroatoms. The van der Waals surface area contributed by atoms with Crippen LogP contribution >= 0.6 is 0 Å². The van der Waals surface area contributed by atoms with Gasteiger partial charge in [-0.15, -0.1) is 0 Å². The number of nitrogens with zero attached hydrogens (tertiary/aromatic N) is 3. The number of piperazine rings is 1. The van der Waals surface area contributed by atoms with Crippen molar-refractivity contribution in [1.82, 2.24) is 19.7 Å². The summed E-state index contributed by atoms with van der Waals surface area (Å²) in [5.74, 6) is -0.191. The highest BCUT2D eigenvalue weighted by molar-refractivity contribution is 5.93. The maximum Gasteiger partial charge on any atom is 0.260 e. The lowest BCUT2D eigenvalue weighted by Gasteiger charge is -2.39. The molecule has 1 atom stereocenters. The highest BCUT2D eigenvalue weighted by Crippen LogP contribution is 2.25. The quantitative estimate of drug-likeness (QED) is 0.768. The molecule has 2 aliphatic heterocycles. The van der Waals surface area contributed by atoms with Gasteiger partial charge in [0, 0.05) is 58.9 Å². The Labute approximate surface area is 158 Å². The summed E-state index contributed by atoms with van der Waals surface area (Å²) in [5, 5.41) is 11.1. The molecule has 2 saturated heterocycles. The number of hydrogen-bond donors (Lipinski definition) is 2. The molecule has 1 aromatic rings. The smallest absolute Gasteiger partial charge is 0.260 e. The molecule has 8 nitrogen and oxygen atoms in total. The van der Waals surface area contributed by atoms with Gasteiger partial charge in [0.1, 0.15) is 5.56 Å². The second-order valence-corrected chi connectivity index (χ2v) is 7.57. The number of nitrogens with one attached hydrogen (secondary N) is 1. The van der Waals surface area contributed by atoms with E-state index >= 15 is 0 Å². The molecule has 0 unspecified atom stereocenters. The van der Waals surface area contributed by atoms with Crippen LogP contribution in [0.15, 0.2) is 23.1 Å². The fourth-order valence-corrected chi connectivity index (χ4v) is 3.94. The van der Waals surface area contributed by atoms with Crippen LogP contribution in [-0.4, -0.2) is 88.0 Å². The van der Waals surface area contributed by atoms with E-state index in [1.807, 2.05) is 4.90 Å². The van der Waals surface area contributed by atoms with Gasteiger partial charge in [0.05, 0.1) is 5.60 Å². The van der Waals surface area contributed by atoms with Gasteiger partial charge in [-0.05, 0) is 31.4 Å². The van der Waals surface area contributed by atoms with E-state index in [1.165, 1.54) is 12.3 Å². The van der Waals surface area contributed by atoms with E-state index in [9.17, 15) is 19.5 Å². The summed E-state index contributed by atoms with van der Waals surface area (Å²) in [4.78, 5) is 44.2. The molecular weight excluding hydrogens is 348 g/mol. The molecule has 0 bridgehead atoms. The third-order valence-electron chi connectivity index (χ3n) is 5.59. The van der Waals surface area contributed by atoms with Gasteiger partial charge in [-0.25, -0.2) is 0 Å². The molecule has 1 aromatic heterocycles. The summed E-state index contributed by atoms with van der Waals surface area (Å²) in [6.45, 7) is 5.97. The zero-order chi connectivity index (χ0) is 19.4. The fraction of sp³-hybridized carbons (Fsp3) is 0.632. The lowest BCUT2D eigenvalue weighted by atomic mass is 9.94. The van der Waals surface area contributed by atoms with E-state index in [4.69, 9.17) is 0 Å². The Morgan fingerprint density at radius 3 is 2.52 bits per heavy atom. The van der Waals surface area contributed by atoms with Gasteiger partial charge in [0.15, 0.2) is 0 Å². The Kier molecular flexibility index (Phi) is 5.96. The molecule has 0 aromatic carbocycles. The van der Waals surface area contributed by atoms with Crippen molar-refractivity contribution in [3.63, 3.8) is 0 Å². The number of hydrogen-bond acceptors (Lipinski definition) is 5. The molecule has 148 valence electrons. The van der Waals surface area contributed by atoms with Crippen molar-refractivity contribution in [3.8, 4) is 0 Å². The van der Waals surface area contributed by atoms with Crippen molar-refractivity contribution in [2.24, 2.45) is 0 Å². The summed E-state index contributed by atoms with van der Waals surface area (Å²) in [6, 6.07) is 3.18. The summed E-state index contributed by atoms with van der Waals surface area (Å²) in [6.07, 6.45) is 3.30. The van der Waals surface area contributed by atoms with E-state index in [0.29, 0.717) is 52.0 Å². The normalized spacial score (nSPS) is 24.5. The number of likely N-dealkylation sites (tertiary alicyclic amines) is 1. The van der Waals surface area contributed by atoms with Gasteiger partial charge in [-0.3, -0.25) is 19.3 Å². The maximum atomic E-state index is 12.7. The average molecular weight is 376 g/mol. The standard InChI is InChI=1S/C19H28N4O4/c1-15(24)22-12-10-21(11-13-22)14-19(27)5-3-8-23(9-6-19)18(26)16-4-2-7-20-17(16)25/h2,4,7,27H,3,5-6,8-14H2,1H3,(H,20,25)/t19-/m0/s1.